The maximum atomic E-state index is 9.26. The van der Waals surface area contributed by atoms with E-state index in [0.717, 1.165) is 13.0 Å². The fourth-order valence-electron chi connectivity index (χ4n) is 0.204. The van der Waals surface area contributed by atoms with Crippen LogP contribution in [0.1, 0.15) is 13.3 Å². The van der Waals surface area contributed by atoms with Gasteiger partial charge in [0.15, 0.2) is 0 Å². The lowest BCUT2D eigenvalue weighted by Gasteiger charge is -1.95. The molecule has 5 nitrogen and oxygen atoms in total. The van der Waals surface area contributed by atoms with Crippen LogP contribution in [0.2, 0.25) is 0 Å². The maximum Gasteiger partial charge on any atom is 0.0679 e. The van der Waals surface area contributed by atoms with Crippen LogP contribution in [0.25, 0.3) is 0 Å². The summed E-state index contributed by atoms with van der Waals surface area (Å²) >= 11 is -2.07. The molecule has 11 heavy (non-hydrogen) atoms. The van der Waals surface area contributed by atoms with Crippen molar-refractivity contribution < 1.29 is 13.6 Å². The number of nitrogens with one attached hydrogen (secondary N) is 2. The highest BCUT2D eigenvalue weighted by Crippen LogP contribution is 1.70. The van der Waals surface area contributed by atoms with Crippen molar-refractivity contribution in [3.05, 3.63) is 0 Å². The first-order valence-electron chi connectivity index (χ1n) is 3.24. The minimum Gasteiger partial charge on any atom is -0.760 e. The predicted octanol–water partition coefficient (Wildman–Crippen LogP) is -0.453. The molecular formula is C5H15N2O3S-. The van der Waals surface area contributed by atoms with Gasteiger partial charge in [-0.15, -0.1) is 0 Å². The normalized spacial score (nSPS) is 11.6. The van der Waals surface area contributed by atoms with E-state index in [2.05, 4.69) is 12.4 Å². The first-order chi connectivity index (χ1) is 5.18. The Labute approximate surface area is 69.9 Å². The Morgan fingerprint density at radius 1 is 1.55 bits per heavy atom. The van der Waals surface area contributed by atoms with Crippen molar-refractivity contribution in [2.24, 2.45) is 0 Å². The van der Waals surface area contributed by atoms with Crippen molar-refractivity contribution in [1.29, 1.82) is 0 Å². The fraction of sp³-hybridized carbons (Fsp3) is 1.00. The van der Waals surface area contributed by atoms with Crippen molar-refractivity contribution in [3.63, 3.8) is 0 Å². The molecular weight excluding hydrogens is 168 g/mol. The molecule has 0 radical (unpaired) electrons. The van der Waals surface area contributed by atoms with Crippen molar-refractivity contribution in [1.82, 2.24) is 10.2 Å². The first kappa shape index (κ1) is 13.6. The maximum absolute atomic E-state index is 9.26. The Hall–Kier alpha value is -0.0100. The summed E-state index contributed by atoms with van der Waals surface area (Å²) in [6, 6.07) is 0. The summed E-state index contributed by atoms with van der Waals surface area (Å²) in [5.41, 5.74) is 2.57. The number of hydroxylamine groups is 1. The Bertz CT molecular complexity index is 87.8. The van der Waals surface area contributed by atoms with Gasteiger partial charge in [0, 0.05) is 18.3 Å². The van der Waals surface area contributed by atoms with E-state index in [1.807, 2.05) is 4.72 Å². The Morgan fingerprint density at radius 2 is 2.00 bits per heavy atom. The van der Waals surface area contributed by atoms with E-state index in [1.165, 1.54) is 7.05 Å². The van der Waals surface area contributed by atoms with E-state index in [1.54, 1.807) is 7.05 Å². The minimum absolute atomic E-state index is 0.802. The average molecular weight is 183 g/mol. The Balaban J connectivity index is 0. The summed E-state index contributed by atoms with van der Waals surface area (Å²) in [5.74, 6) is 0. The molecule has 70 valence electrons. The van der Waals surface area contributed by atoms with E-state index in [4.69, 9.17) is 4.84 Å². The summed E-state index contributed by atoms with van der Waals surface area (Å²) in [4.78, 5) is 4.73. The number of rotatable bonds is 4. The predicted molar refractivity (Wildman–Crippen MR) is 43.3 cm³/mol. The molecule has 0 bridgehead atoms. The lowest BCUT2D eigenvalue weighted by Crippen LogP contribution is -2.07. The zero-order valence-corrected chi connectivity index (χ0v) is 7.86. The number of hydrogen-bond donors (Lipinski definition) is 2. The molecule has 0 aromatic heterocycles. The second-order valence-corrected chi connectivity index (χ2v) is 2.37. The van der Waals surface area contributed by atoms with Crippen molar-refractivity contribution in [2.75, 3.05) is 20.7 Å². The van der Waals surface area contributed by atoms with Gasteiger partial charge in [0.05, 0.1) is 6.61 Å². The molecule has 0 aliphatic rings. The fourth-order valence-corrected chi connectivity index (χ4v) is 0.204. The molecule has 0 spiro atoms. The third-order valence-electron chi connectivity index (χ3n) is 0.617. The molecule has 0 aliphatic heterocycles. The summed E-state index contributed by atoms with van der Waals surface area (Å²) in [7, 11) is 3.10. The third kappa shape index (κ3) is 25.6. The summed E-state index contributed by atoms with van der Waals surface area (Å²) < 4.78 is 20.5. The third-order valence-corrected chi connectivity index (χ3v) is 0.951. The highest BCUT2D eigenvalue weighted by atomic mass is 32.2. The SMILES string of the molecule is CCCONC.CNS(=O)[O-]. The van der Waals surface area contributed by atoms with Crippen LogP contribution in [-0.4, -0.2) is 29.5 Å². The summed E-state index contributed by atoms with van der Waals surface area (Å²) in [6.07, 6.45) is 1.07. The van der Waals surface area contributed by atoms with Gasteiger partial charge in [-0.2, -0.15) is 0 Å². The lowest BCUT2D eigenvalue weighted by atomic mass is 10.5. The summed E-state index contributed by atoms with van der Waals surface area (Å²) in [6.45, 7) is 2.87. The molecule has 0 aromatic rings. The second kappa shape index (κ2) is 12.6. The van der Waals surface area contributed by atoms with Crippen LogP contribution in [0.3, 0.4) is 0 Å². The van der Waals surface area contributed by atoms with Crippen molar-refractivity contribution in [2.45, 2.75) is 13.3 Å². The highest BCUT2D eigenvalue weighted by Gasteiger charge is 1.71. The van der Waals surface area contributed by atoms with E-state index in [9.17, 15) is 8.76 Å². The number of hydrogen-bond acceptors (Lipinski definition) is 4. The zero-order chi connectivity index (χ0) is 9.11. The largest absolute Gasteiger partial charge is 0.760 e. The van der Waals surface area contributed by atoms with Crippen LogP contribution in [0.15, 0.2) is 0 Å². The van der Waals surface area contributed by atoms with Gasteiger partial charge >= 0.3 is 0 Å². The van der Waals surface area contributed by atoms with Gasteiger partial charge < -0.3 is 9.39 Å². The van der Waals surface area contributed by atoms with Crippen LogP contribution in [-0.2, 0) is 16.1 Å². The first-order valence-corrected chi connectivity index (χ1v) is 4.31. The smallest absolute Gasteiger partial charge is 0.0679 e. The van der Waals surface area contributed by atoms with Crippen LogP contribution >= 0.6 is 0 Å². The van der Waals surface area contributed by atoms with Crippen LogP contribution in [0, 0.1) is 0 Å². The quantitative estimate of drug-likeness (QED) is 0.351. The second-order valence-electron chi connectivity index (χ2n) is 1.49. The molecule has 0 aliphatic carbocycles. The van der Waals surface area contributed by atoms with Gasteiger partial charge in [0.25, 0.3) is 0 Å². The Morgan fingerprint density at radius 3 is 2.09 bits per heavy atom. The van der Waals surface area contributed by atoms with Gasteiger partial charge in [0.1, 0.15) is 0 Å². The standard InChI is InChI=1S/C4H11NO.CH5NO2S/c1-3-4-6-5-2;1-2-5(3)4/h5H,3-4H2,1-2H3;2H,1H3,(H,3,4)/p-1. The van der Waals surface area contributed by atoms with Crippen LogP contribution in [0.4, 0.5) is 0 Å². The highest BCUT2D eigenvalue weighted by molar-refractivity contribution is 7.77. The molecule has 0 saturated heterocycles. The van der Waals surface area contributed by atoms with Gasteiger partial charge in [0.2, 0.25) is 0 Å². The van der Waals surface area contributed by atoms with Crippen molar-refractivity contribution >= 4 is 11.3 Å². The molecule has 0 aromatic carbocycles. The molecule has 6 heteroatoms. The lowest BCUT2D eigenvalue weighted by molar-refractivity contribution is 0.0585. The molecule has 0 fully saturated rings. The topological polar surface area (TPSA) is 73.4 Å². The van der Waals surface area contributed by atoms with Crippen LogP contribution < -0.4 is 10.2 Å². The zero-order valence-electron chi connectivity index (χ0n) is 7.05. The van der Waals surface area contributed by atoms with Gasteiger partial charge in [-0.25, -0.2) is 5.48 Å². The van der Waals surface area contributed by atoms with Gasteiger partial charge in [-0.1, -0.05) is 6.92 Å². The van der Waals surface area contributed by atoms with E-state index < -0.39 is 11.3 Å². The monoisotopic (exact) mass is 183 g/mol. The molecule has 0 rings (SSSR count). The molecule has 0 heterocycles. The van der Waals surface area contributed by atoms with Crippen molar-refractivity contribution in [3.8, 4) is 0 Å². The van der Waals surface area contributed by atoms with E-state index in [-0.39, 0.29) is 0 Å². The summed E-state index contributed by atoms with van der Waals surface area (Å²) in [5, 5.41) is 0. The molecule has 1 atom stereocenters. The van der Waals surface area contributed by atoms with Gasteiger partial charge in [-0.3, -0.25) is 8.93 Å². The molecule has 2 N–H and O–H groups in total. The molecule has 0 amide bonds. The molecule has 1 unspecified atom stereocenters. The molecule has 0 saturated carbocycles. The van der Waals surface area contributed by atoms with Gasteiger partial charge in [-0.05, 0) is 13.5 Å². The Kier molecular flexibility index (Phi) is 15.6. The van der Waals surface area contributed by atoms with E-state index in [0.29, 0.717) is 0 Å². The average Bonchev–Trinajstić information content (AvgIpc) is 2.02. The van der Waals surface area contributed by atoms with Crippen LogP contribution in [0.5, 0.6) is 0 Å². The minimum atomic E-state index is -2.07. The van der Waals surface area contributed by atoms with E-state index >= 15 is 0 Å².